The number of halogens is 2. The minimum atomic E-state index is -5.57. The average molecular weight is 326 g/mol. The molecule has 4 unspecified atom stereocenters. The first-order valence-electron chi connectivity index (χ1n) is 7.00. The Balaban J connectivity index is 2.02. The monoisotopic (exact) mass is 326 g/mol. The number of carbonyl (C=O) groups is 1. The summed E-state index contributed by atoms with van der Waals surface area (Å²) in [6, 6.07) is 0. The summed E-state index contributed by atoms with van der Waals surface area (Å²) in [6.45, 7) is 2.48. The Bertz CT molecular complexity index is 533. The highest BCUT2D eigenvalue weighted by molar-refractivity contribution is 7.86. The number of hydrogen-bond acceptors (Lipinski definition) is 4. The fourth-order valence-electron chi connectivity index (χ4n) is 3.61. The third-order valence-electron chi connectivity index (χ3n) is 4.59. The van der Waals surface area contributed by atoms with E-state index in [0.29, 0.717) is 24.7 Å². The van der Waals surface area contributed by atoms with Gasteiger partial charge in [-0.05, 0) is 43.4 Å². The molecule has 21 heavy (non-hydrogen) atoms. The molecule has 0 heterocycles. The second kappa shape index (κ2) is 5.15. The van der Waals surface area contributed by atoms with Crippen LogP contribution >= 0.6 is 0 Å². The van der Waals surface area contributed by atoms with Gasteiger partial charge in [0, 0.05) is 0 Å². The molecule has 2 aliphatic carbocycles. The zero-order valence-electron chi connectivity index (χ0n) is 12.0. The number of fused-ring (bicyclic) bond motifs is 1. The van der Waals surface area contributed by atoms with Gasteiger partial charge >= 0.3 is 21.3 Å². The first kappa shape index (κ1) is 16.6. The molecule has 0 amide bonds. The Kier molecular flexibility index (Phi) is 4.08. The van der Waals surface area contributed by atoms with Crippen LogP contribution in [-0.2, 0) is 19.6 Å². The van der Waals surface area contributed by atoms with Gasteiger partial charge in [0.05, 0.1) is 5.41 Å². The normalized spacial score (nSPS) is 36.5. The van der Waals surface area contributed by atoms with E-state index in [0.717, 1.165) is 12.8 Å². The molecule has 2 fully saturated rings. The number of hydrogen-bond donors (Lipinski definition) is 1. The summed E-state index contributed by atoms with van der Waals surface area (Å²) in [5.74, 6) is 0.129. The third-order valence-corrected chi connectivity index (χ3v) is 5.46. The van der Waals surface area contributed by atoms with Crippen LogP contribution in [0.4, 0.5) is 8.78 Å². The van der Waals surface area contributed by atoms with E-state index in [1.165, 1.54) is 0 Å². The van der Waals surface area contributed by atoms with E-state index in [9.17, 15) is 22.0 Å². The molecule has 0 aromatic rings. The molecule has 2 rings (SSSR count). The maximum Gasteiger partial charge on any atom is 0.402 e. The van der Waals surface area contributed by atoms with Crippen LogP contribution in [0.15, 0.2) is 0 Å². The molecule has 4 atom stereocenters. The molecule has 0 bridgehead atoms. The van der Waals surface area contributed by atoms with Crippen LogP contribution in [0.1, 0.15) is 39.5 Å². The van der Waals surface area contributed by atoms with Crippen molar-refractivity contribution in [3.05, 3.63) is 0 Å². The van der Waals surface area contributed by atoms with Crippen molar-refractivity contribution in [1.29, 1.82) is 0 Å². The number of carbonyl (C=O) groups excluding carboxylic acids is 1. The number of esters is 1. The zero-order valence-corrected chi connectivity index (χ0v) is 12.8. The van der Waals surface area contributed by atoms with Crippen LogP contribution < -0.4 is 0 Å². The number of ether oxygens (including phenoxy) is 1. The van der Waals surface area contributed by atoms with Crippen molar-refractivity contribution in [3.8, 4) is 0 Å². The molecule has 0 spiro atoms. The third kappa shape index (κ3) is 3.21. The van der Waals surface area contributed by atoms with Gasteiger partial charge < -0.3 is 4.74 Å². The van der Waals surface area contributed by atoms with Crippen molar-refractivity contribution in [2.45, 2.75) is 44.8 Å². The Morgan fingerprint density at radius 1 is 1.29 bits per heavy atom. The van der Waals surface area contributed by atoms with E-state index in [-0.39, 0.29) is 5.92 Å². The zero-order chi connectivity index (χ0) is 16.1. The predicted molar refractivity (Wildman–Crippen MR) is 70.2 cm³/mol. The molecule has 2 aliphatic rings. The largest absolute Gasteiger partial charge is 0.458 e. The van der Waals surface area contributed by atoms with Crippen LogP contribution in [-0.4, -0.2) is 30.8 Å². The van der Waals surface area contributed by atoms with E-state index < -0.39 is 33.4 Å². The molecule has 0 aromatic carbocycles. The van der Waals surface area contributed by atoms with Gasteiger partial charge in [0.15, 0.2) is 6.61 Å². The number of rotatable bonds is 4. The summed E-state index contributed by atoms with van der Waals surface area (Å²) < 4.78 is 60.1. The summed E-state index contributed by atoms with van der Waals surface area (Å²) in [5.41, 5.74) is -0.737. The van der Waals surface area contributed by atoms with Gasteiger partial charge in [-0.2, -0.15) is 17.2 Å². The minimum Gasteiger partial charge on any atom is -0.458 e. The topological polar surface area (TPSA) is 80.7 Å². The van der Waals surface area contributed by atoms with Crippen molar-refractivity contribution in [1.82, 2.24) is 0 Å². The molecular formula is C13H20F2O5S. The van der Waals surface area contributed by atoms with Crippen LogP contribution in [0.25, 0.3) is 0 Å². The quantitative estimate of drug-likeness (QED) is 0.634. The van der Waals surface area contributed by atoms with E-state index in [1.54, 1.807) is 0 Å². The molecule has 0 radical (unpaired) electrons. The second-order valence-corrected chi connectivity index (χ2v) is 8.18. The Labute approximate surface area is 122 Å². The lowest BCUT2D eigenvalue weighted by Gasteiger charge is -2.20. The Morgan fingerprint density at radius 3 is 2.48 bits per heavy atom. The van der Waals surface area contributed by atoms with Crippen molar-refractivity contribution < 1.29 is 31.3 Å². The summed E-state index contributed by atoms with van der Waals surface area (Å²) in [6.07, 6.45) is 3.02. The van der Waals surface area contributed by atoms with Crippen LogP contribution in [0, 0.1) is 23.2 Å². The standard InChI is InChI=1S/C13H20F2O5S/c1-8-3-9(2)5-12(6-10(12)4-8)11(16)20-7-13(14,15)21(17,18)19/h8-10H,3-7H2,1-2H3,(H,17,18,19). The lowest BCUT2D eigenvalue weighted by Crippen LogP contribution is -2.36. The molecule has 8 heteroatoms. The smallest absolute Gasteiger partial charge is 0.402 e. The maximum absolute atomic E-state index is 13.1. The van der Waals surface area contributed by atoms with Crippen LogP contribution in [0.3, 0.4) is 0 Å². The Morgan fingerprint density at radius 2 is 1.90 bits per heavy atom. The van der Waals surface area contributed by atoms with E-state index in [2.05, 4.69) is 11.7 Å². The van der Waals surface area contributed by atoms with E-state index in [1.807, 2.05) is 6.92 Å². The fourth-order valence-corrected chi connectivity index (χ4v) is 3.82. The fraction of sp³-hybridized carbons (Fsp3) is 0.923. The van der Waals surface area contributed by atoms with Gasteiger partial charge in [-0.15, -0.1) is 0 Å². The lowest BCUT2D eigenvalue weighted by atomic mass is 9.90. The molecule has 2 saturated carbocycles. The molecule has 0 saturated heterocycles. The van der Waals surface area contributed by atoms with Crippen LogP contribution in [0.2, 0.25) is 0 Å². The van der Waals surface area contributed by atoms with Gasteiger partial charge in [0.25, 0.3) is 0 Å². The van der Waals surface area contributed by atoms with Crippen molar-refractivity contribution in [2.24, 2.45) is 23.2 Å². The highest BCUT2D eigenvalue weighted by Crippen LogP contribution is 2.62. The molecule has 0 aromatic heterocycles. The summed E-state index contributed by atoms with van der Waals surface area (Å²) >= 11 is 0. The molecule has 1 N–H and O–H groups in total. The average Bonchev–Trinajstić information content (AvgIpc) is 2.98. The van der Waals surface area contributed by atoms with Crippen molar-refractivity contribution >= 4 is 16.1 Å². The predicted octanol–water partition coefficient (Wildman–Crippen LogP) is 2.47. The van der Waals surface area contributed by atoms with Gasteiger partial charge in [-0.1, -0.05) is 13.8 Å². The van der Waals surface area contributed by atoms with Crippen molar-refractivity contribution in [2.75, 3.05) is 6.61 Å². The molecular weight excluding hydrogens is 306 g/mol. The van der Waals surface area contributed by atoms with E-state index >= 15 is 0 Å². The number of alkyl halides is 2. The summed E-state index contributed by atoms with van der Waals surface area (Å²) in [4.78, 5) is 12.1. The van der Waals surface area contributed by atoms with Crippen molar-refractivity contribution in [3.63, 3.8) is 0 Å². The first-order valence-corrected chi connectivity index (χ1v) is 8.44. The summed E-state index contributed by atoms with van der Waals surface area (Å²) in [5, 5.41) is -4.46. The van der Waals surface area contributed by atoms with E-state index in [4.69, 9.17) is 4.55 Å². The Hall–Kier alpha value is -0.760. The summed E-state index contributed by atoms with van der Waals surface area (Å²) in [7, 11) is -5.57. The maximum atomic E-state index is 13.1. The minimum absolute atomic E-state index is 0.129. The van der Waals surface area contributed by atoms with Gasteiger partial charge in [-0.25, -0.2) is 0 Å². The lowest BCUT2D eigenvalue weighted by molar-refractivity contribution is -0.157. The SMILES string of the molecule is CC1CC(C)CC2(C(=O)OCC(F)(F)S(=O)(=O)O)CC2C1. The highest BCUT2D eigenvalue weighted by atomic mass is 32.2. The molecule has 5 nitrogen and oxygen atoms in total. The second-order valence-electron chi connectivity index (χ2n) is 6.63. The van der Waals surface area contributed by atoms with Gasteiger partial charge in [0.1, 0.15) is 0 Å². The molecule has 0 aliphatic heterocycles. The van der Waals surface area contributed by atoms with Gasteiger partial charge in [0.2, 0.25) is 0 Å². The first-order chi connectivity index (χ1) is 9.48. The van der Waals surface area contributed by atoms with Crippen LogP contribution in [0.5, 0.6) is 0 Å². The molecule has 122 valence electrons. The van der Waals surface area contributed by atoms with Gasteiger partial charge in [-0.3, -0.25) is 9.35 Å². The highest BCUT2D eigenvalue weighted by Gasteiger charge is 2.62.